The predicted octanol–water partition coefficient (Wildman–Crippen LogP) is 3.37. The molecular weight excluding hydrogens is 222 g/mol. The molecule has 0 fully saturated rings. The van der Waals surface area contributed by atoms with Gasteiger partial charge < -0.3 is 4.57 Å². The van der Waals surface area contributed by atoms with E-state index in [4.69, 9.17) is 1.37 Å². The van der Waals surface area contributed by atoms with Gasteiger partial charge in [0.05, 0.1) is 7.57 Å². The van der Waals surface area contributed by atoms with Crippen LogP contribution in [0.15, 0.2) is 30.7 Å². The van der Waals surface area contributed by atoms with E-state index in [1.165, 1.54) is 11.3 Å². The van der Waals surface area contributed by atoms with Crippen LogP contribution in [0.25, 0.3) is 0 Å². The zero-order valence-corrected chi connectivity index (χ0v) is 11.6. The Morgan fingerprint density at radius 2 is 2.28 bits per heavy atom. The molecule has 0 unspecified atom stereocenters. The first kappa shape index (κ1) is 11.6. The normalized spacial score (nSPS) is 13.6. The van der Waals surface area contributed by atoms with E-state index in [0.29, 0.717) is 12.2 Å². The van der Waals surface area contributed by atoms with E-state index in [1.807, 2.05) is 24.0 Å². The van der Waals surface area contributed by atoms with Crippen molar-refractivity contribution in [3.05, 3.63) is 42.0 Å². The lowest BCUT2D eigenvalue weighted by Gasteiger charge is -2.15. The molecule has 2 aromatic rings. The van der Waals surface area contributed by atoms with Crippen molar-refractivity contribution in [2.75, 3.05) is 0 Å². The number of hydrogen-bond acceptors (Lipinski definition) is 1. The summed E-state index contributed by atoms with van der Waals surface area (Å²) in [6.07, 6.45) is 8.88. The van der Waals surface area contributed by atoms with Crippen LogP contribution >= 0.6 is 0 Å². The van der Waals surface area contributed by atoms with Crippen LogP contribution in [0.3, 0.4) is 0 Å². The summed E-state index contributed by atoms with van der Waals surface area (Å²) in [5.74, 6) is 0. The van der Waals surface area contributed by atoms with E-state index in [-0.39, 0.29) is 0 Å². The Morgan fingerprint density at radius 3 is 2.94 bits per heavy atom. The molecule has 3 heteroatoms. The first-order valence-electron chi connectivity index (χ1n) is 7.26. The van der Waals surface area contributed by atoms with Gasteiger partial charge in [0, 0.05) is 31.2 Å². The van der Waals surface area contributed by atoms with Crippen molar-refractivity contribution in [2.24, 2.45) is 7.05 Å². The van der Waals surface area contributed by atoms with Crippen molar-refractivity contribution < 1.29 is 1.37 Å². The summed E-state index contributed by atoms with van der Waals surface area (Å²) in [7, 11) is 1.95. The molecule has 0 saturated heterocycles. The van der Waals surface area contributed by atoms with Gasteiger partial charge in [0.15, 0.2) is 0 Å². The molecule has 2 aromatic heterocycles. The lowest BCUT2D eigenvalue weighted by molar-refractivity contribution is 0.510. The Kier molecular flexibility index (Phi) is 3.79. The molecule has 18 heavy (non-hydrogen) atoms. The lowest BCUT2D eigenvalue weighted by atomic mass is 10.1. The third-order valence-electron chi connectivity index (χ3n) is 3.49. The van der Waals surface area contributed by atoms with Crippen LogP contribution in [0.4, 0.5) is 0 Å². The third-order valence-corrected chi connectivity index (χ3v) is 3.49. The second-order valence-electron chi connectivity index (χ2n) is 4.96. The number of rotatable bonds is 6. The first-order chi connectivity index (χ1) is 9.11. The summed E-state index contributed by atoms with van der Waals surface area (Å²) in [4.78, 5) is 0. The summed E-state index contributed by atoms with van der Waals surface area (Å²) in [6, 6.07) is 4.42. The maximum atomic E-state index is 7.98. The summed E-state index contributed by atoms with van der Waals surface area (Å²) >= 11 is 0. The van der Waals surface area contributed by atoms with E-state index >= 15 is 0 Å². The van der Waals surface area contributed by atoms with E-state index in [1.54, 1.807) is 0 Å². The molecule has 3 nitrogen and oxygen atoms in total. The smallest absolute Gasteiger partial charge is 0.0818 e. The minimum atomic E-state index is 0.413. The molecular formula is C15H23N3. The Bertz CT molecular complexity index is 527. The SMILES string of the molecule is [2H]c1ccc(CCCc2cnn(C)c2)n1[C@@H](C)CC. The van der Waals surface area contributed by atoms with Crippen LogP contribution in [0.1, 0.15) is 45.4 Å². The Morgan fingerprint density at radius 1 is 1.44 bits per heavy atom. The highest BCUT2D eigenvalue weighted by molar-refractivity contribution is 5.10. The Labute approximate surface area is 111 Å². The molecule has 0 bridgehead atoms. The van der Waals surface area contributed by atoms with Gasteiger partial charge in [0.25, 0.3) is 0 Å². The van der Waals surface area contributed by atoms with Gasteiger partial charge in [-0.25, -0.2) is 0 Å². The number of aromatic nitrogens is 3. The Balaban J connectivity index is 1.96. The average molecular weight is 246 g/mol. The maximum absolute atomic E-state index is 7.98. The van der Waals surface area contributed by atoms with Gasteiger partial charge in [-0.05, 0) is 50.3 Å². The molecule has 0 N–H and O–H groups in total. The monoisotopic (exact) mass is 246 g/mol. The molecule has 0 amide bonds. The predicted molar refractivity (Wildman–Crippen MR) is 74.7 cm³/mol. The molecule has 98 valence electrons. The minimum absolute atomic E-state index is 0.413. The van der Waals surface area contributed by atoms with Crippen molar-refractivity contribution >= 4 is 0 Å². The highest BCUT2D eigenvalue weighted by Gasteiger charge is 2.06. The number of nitrogens with zero attached hydrogens (tertiary/aromatic N) is 3. The van der Waals surface area contributed by atoms with Crippen LogP contribution in [-0.2, 0) is 19.9 Å². The van der Waals surface area contributed by atoms with Crippen molar-refractivity contribution in [3.8, 4) is 0 Å². The summed E-state index contributed by atoms with van der Waals surface area (Å²) in [5.41, 5.74) is 2.57. The highest BCUT2D eigenvalue weighted by atomic mass is 15.2. The number of hydrogen-bond donors (Lipinski definition) is 0. The van der Waals surface area contributed by atoms with Gasteiger partial charge in [-0.2, -0.15) is 5.10 Å². The zero-order chi connectivity index (χ0) is 13.8. The lowest BCUT2D eigenvalue weighted by Crippen LogP contribution is -2.06. The molecule has 2 rings (SSSR count). The standard InChI is InChI=1S/C15H23N3/c1-4-13(2)18-10-6-9-15(18)8-5-7-14-11-16-17(3)12-14/h6,9-13H,4-5,7-8H2,1-3H3/t13-/m0/s1/i10D. The second-order valence-corrected chi connectivity index (χ2v) is 4.96. The fourth-order valence-corrected chi connectivity index (χ4v) is 2.25. The fraction of sp³-hybridized carbons (Fsp3) is 0.533. The van der Waals surface area contributed by atoms with Crippen LogP contribution in [0, 0.1) is 0 Å². The maximum Gasteiger partial charge on any atom is 0.0818 e. The quantitative estimate of drug-likeness (QED) is 0.766. The van der Waals surface area contributed by atoms with E-state index < -0.39 is 0 Å². The molecule has 0 aliphatic rings. The fourth-order valence-electron chi connectivity index (χ4n) is 2.25. The Hall–Kier alpha value is -1.51. The van der Waals surface area contributed by atoms with E-state index in [9.17, 15) is 0 Å². The minimum Gasteiger partial charge on any atom is -0.349 e. The average Bonchev–Trinajstić information content (AvgIpc) is 2.96. The van der Waals surface area contributed by atoms with Gasteiger partial charge in [0.1, 0.15) is 0 Å². The molecule has 0 aliphatic carbocycles. The van der Waals surface area contributed by atoms with Crippen LogP contribution < -0.4 is 0 Å². The van der Waals surface area contributed by atoms with E-state index in [2.05, 4.69) is 35.8 Å². The molecule has 0 spiro atoms. The van der Waals surface area contributed by atoms with Crippen molar-refractivity contribution in [2.45, 2.75) is 45.6 Å². The van der Waals surface area contributed by atoms with Crippen LogP contribution in [0.5, 0.6) is 0 Å². The molecule has 0 radical (unpaired) electrons. The topological polar surface area (TPSA) is 22.8 Å². The number of aryl methyl sites for hydroxylation is 3. The molecule has 1 atom stereocenters. The summed E-state index contributed by atoms with van der Waals surface area (Å²) < 4.78 is 12.0. The van der Waals surface area contributed by atoms with Crippen LogP contribution in [-0.4, -0.2) is 14.3 Å². The van der Waals surface area contributed by atoms with Crippen molar-refractivity contribution in [1.82, 2.24) is 14.3 Å². The van der Waals surface area contributed by atoms with Gasteiger partial charge >= 0.3 is 0 Å². The molecule has 2 heterocycles. The van der Waals surface area contributed by atoms with E-state index in [0.717, 1.165) is 25.7 Å². The zero-order valence-electron chi connectivity index (χ0n) is 12.6. The first-order valence-corrected chi connectivity index (χ1v) is 6.76. The van der Waals surface area contributed by atoms with Gasteiger partial charge in [-0.15, -0.1) is 0 Å². The van der Waals surface area contributed by atoms with Gasteiger partial charge in [0.2, 0.25) is 0 Å². The molecule has 0 aromatic carbocycles. The van der Waals surface area contributed by atoms with Crippen molar-refractivity contribution in [1.29, 1.82) is 0 Å². The second kappa shape index (κ2) is 5.89. The van der Waals surface area contributed by atoms with Crippen LogP contribution in [0.2, 0.25) is 0 Å². The largest absolute Gasteiger partial charge is 0.349 e. The van der Waals surface area contributed by atoms with Gasteiger partial charge in [-0.3, -0.25) is 4.68 Å². The van der Waals surface area contributed by atoms with Crippen molar-refractivity contribution in [3.63, 3.8) is 0 Å². The summed E-state index contributed by atoms with van der Waals surface area (Å²) in [5, 5.41) is 4.19. The van der Waals surface area contributed by atoms with Gasteiger partial charge in [-0.1, -0.05) is 6.92 Å². The molecule has 0 saturated carbocycles. The highest BCUT2D eigenvalue weighted by Crippen LogP contribution is 2.16. The third kappa shape index (κ3) is 3.03. The molecule has 0 aliphatic heterocycles. The summed E-state index contributed by atoms with van der Waals surface area (Å²) in [6.45, 7) is 4.35.